The van der Waals surface area contributed by atoms with Crippen molar-refractivity contribution in [3.05, 3.63) is 29.6 Å². The van der Waals surface area contributed by atoms with Gasteiger partial charge in [-0.2, -0.15) is 13.2 Å². The molecule has 0 unspecified atom stereocenters. The number of aromatic nitrogens is 1. The largest absolute Gasteiger partial charge is 0.434 e. The molecular formula is C15H18F3N3O2. The van der Waals surface area contributed by atoms with Crippen molar-refractivity contribution in [3.63, 3.8) is 0 Å². The molecule has 1 aromatic heterocycles. The number of amides is 1. The number of pyridine rings is 1. The molecule has 126 valence electrons. The molecule has 0 aliphatic carbocycles. The number of carbonyl (C=O) groups excluding carboxylic acids is 1. The molecule has 2 fully saturated rings. The number of likely N-dealkylation sites (tertiary alicyclic amines) is 1. The summed E-state index contributed by atoms with van der Waals surface area (Å²) >= 11 is 0. The zero-order chi connectivity index (χ0) is 16.6. The molecular weight excluding hydrogens is 311 g/mol. The first-order chi connectivity index (χ1) is 10.9. The van der Waals surface area contributed by atoms with Crippen molar-refractivity contribution in [2.75, 3.05) is 33.3 Å². The molecule has 2 aliphatic rings. The van der Waals surface area contributed by atoms with Gasteiger partial charge in [-0.15, -0.1) is 0 Å². The minimum atomic E-state index is -4.64. The second-order valence-corrected chi connectivity index (χ2v) is 5.89. The van der Waals surface area contributed by atoms with Gasteiger partial charge < -0.3 is 9.64 Å². The lowest BCUT2D eigenvalue weighted by atomic mass is 9.98. The van der Waals surface area contributed by atoms with Gasteiger partial charge in [0.2, 0.25) is 0 Å². The lowest BCUT2D eigenvalue weighted by Crippen LogP contribution is -2.59. The Bertz CT molecular complexity index is 594. The molecule has 5 nitrogen and oxygen atoms in total. The fourth-order valence-electron chi connectivity index (χ4n) is 3.20. The number of rotatable bonds is 1. The van der Waals surface area contributed by atoms with Crippen molar-refractivity contribution in [2.24, 2.45) is 0 Å². The molecule has 3 heterocycles. The number of nitrogens with zero attached hydrogens (tertiary/aromatic N) is 3. The monoisotopic (exact) mass is 329 g/mol. The number of hydrogen-bond acceptors (Lipinski definition) is 4. The molecule has 2 atom stereocenters. The zero-order valence-corrected chi connectivity index (χ0v) is 12.7. The Balaban J connectivity index is 1.82. The highest BCUT2D eigenvalue weighted by Gasteiger charge is 2.41. The molecule has 0 N–H and O–H groups in total. The highest BCUT2D eigenvalue weighted by molar-refractivity contribution is 5.95. The number of hydrogen-bond donors (Lipinski definition) is 0. The normalized spacial score (nSPS) is 26.0. The van der Waals surface area contributed by atoms with E-state index in [1.54, 1.807) is 0 Å². The second kappa shape index (κ2) is 6.09. The van der Waals surface area contributed by atoms with E-state index in [1.165, 1.54) is 17.0 Å². The summed E-state index contributed by atoms with van der Waals surface area (Å²) in [4.78, 5) is 19.5. The average Bonchev–Trinajstić information content (AvgIpc) is 2.53. The third-order valence-electron chi connectivity index (χ3n) is 4.46. The molecule has 3 rings (SSSR count). The van der Waals surface area contributed by atoms with Crippen LogP contribution in [0.1, 0.15) is 22.5 Å². The maximum Gasteiger partial charge on any atom is 0.434 e. The molecule has 0 saturated carbocycles. The van der Waals surface area contributed by atoms with Gasteiger partial charge >= 0.3 is 6.18 Å². The number of piperidine rings is 1. The van der Waals surface area contributed by atoms with Gasteiger partial charge in [0, 0.05) is 25.8 Å². The fourth-order valence-corrected chi connectivity index (χ4v) is 3.20. The molecule has 0 aromatic carbocycles. The van der Waals surface area contributed by atoms with E-state index in [0.29, 0.717) is 26.1 Å². The van der Waals surface area contributed by atoms with E-state index in [1.807, 2.05) is 7.05 Å². The van der Waals surface area contributed by atoms with E-state index in [9.17, 15) is 18.0 Å². The summed E-state index contributed by atoms with van der Waals surface area (Å²) < 4.78 is 44.8. The highest BCUT2D eigenvalue weighted by atomic mass is 19.4. The van der Waals surface area contributed by atoms with Gasteiger partial charge in [0.25, 0.3) is 5.91 Å². The molecule has 2 saturated heterocycles. The van der Waals surface area contributed by atoms with E-state index in [-0.39, 0.29) is 12.1 Å². The van der Waals surface area contributed by atoms with Crippen LogP contribution in [0.5, 0.6) is 0 Å². The predicted molar refractivity (Wildman–Crippen MR) is 75.9 cm³/mol. The van der Waals surface area contributed by atoms with Gasteiger partial charge in [0.05, 0.1) is 24.3 Å². The summed E-state index contributed by atoms with van der Waals surface area (Å²) in [5.41, 5.74) is -1.52. The Labute approximate surface area is 132 Å². The third kappa shape index (κ3) is 3.18. The minimum Gasteiger partial charge on any atom is -0.375 e. The first kappa shape index (κ1) is 16.2. The molecule has 0 spiro atoms. The fraction of sp³-hybridized carbons (Fsp3) is 0.600. The number of carbonyl (C=O) groups is 1. The standard InChI is InChI=1S/C15H18F3N3O2/c1-20-7-8-23-12-4-6-21(9-11(12)20)14(22)10-3-2-5-19-13(10)15(16,17)18/h2-3,5,11-12H,4,6-9H2,1H3/t11-,12-/m0/s1. The Morgan fingerprint density at radius 1 is 1.39 bits per heavy atom. The SMILES string of the molecule is CN1CCO[C@H]2CCN(C(=O)c3cccnc3C(F)(F)F)C[C@@H]21. The summed E-state index contributed by atoms with van der Waals surface area (Å²) in [6.45, 7) is 2.16. The topological polar surface area (TPSA) is 45.7 Å². The summed E-state index contributed by atoms with van der Waals surface area (Å²) in [6.07, 6.45) is -2.93. The van der Waals surface area contributed by atoms with Crippen LogP contribution in [0.2, 0.25) is 0 Å². The van der Waals surface area contributed by atoms with E-state index in [0.717, 1.165) is 12.7 Å². The van der Waals surface area contributed by atoms with Crippen LogP contribution in [0.25, 0.3) is 0 Å². The summed E-state index contributed by atoms with van der Waals surface area (Å²) in [6, 6.07) is 2.56. The number of alkyl halides is 3. The van der Waals surface area contributed by atoms with Crippen LogP contribution < -0.4 is 0 Å². The van der Waals surface area contributed by atoms with Gasteiger partial charge in [-0.05, 0) is 25.6 Å². The zero-order valence-electron chi connectivity index (χ0n) is 12.7. The van der Waals surface area contributed by atoms with Crippen LogP contribution in [0, 0.1) is 0 Å². The molecule has 1 aromatic rings. The van der Waals surface area contributed by atoms with E-state index in [4.69, 9.17) is 4.74 Å². The minimum absolute atomic E-state index is 0.0208. The summed E-state index contributed by atoms with van der Waals surface area (Å²) in [5.74, 6) is -0.622. The van der Waals surface area contributed by atoms with Gasteiger partial charge in [-0.1, -0.05) is 0 Å². The van der Waals surface area contributed by atoms with Crippen molar-refractivity contribution < 1.29 is 22.7 Å². The Morgan fingerprint density at radius 3 is 2.91 bits per heavy atom. The van der Waals surface area contributed by atoms with Gasteiger partial charge in [-0.25, -0.2) is 0 Å². The lowest BCUT2D eigenvalue weighted by Gasteiger charge is -2.45. The number of halogens is 3. The Morgan fingerprint density at radius 2 is 2.17 bits per heavy atom. The summed E-state index contributed by atoms with van der Waals surface area (Å²) in [5, 5.41) is 0. The number of ether oxygens (including phenoxy) is 1. The van der Waals surface area contributed by atoms with E-state index in [2.05, 4.69) is 9.88 Å². The van der Waals surface area contributed by atoms with E-state index < -0.39 is 23.3 Å². The van der Waals surface area contributed by atoms with Crippen molar-refractivity contribution in [1.29, 1.82) is 0 Å². The van der Waals surface area contributed by atoms with Gasteiger partial charge in [0.15, 0.2) is 5.69 Å². The van der Waals surface area contributed by atoms with Crippen molar-refractivity contribution in [3.8, 4) is 0 Å². The lowest BCUT2D eigenvalue weighted by molar-refractivity contribution is -0.141. The quantitative estimate of drug-likeness (QED) is 0.786. The average molecular weight is 329 g/mol. The van der Waals surface area contributed by atoms with Crippen LogP contribution in [-0.2, 0) is 10.9 Å². The Kier molecular flexibility index (Phi) is 4.29. The van der Waals surface area contributed by atoms with Crippen molar-refractivity contribution >= 4 is 5.91 Å². The predicted octanol–water partition coefficient (Wildman–Crippen LogP) is 1.65. The van der Waals surface area contributed by atoms with Gasteiger partial charge in [0.1, 0.15) is 0 Å². The van der Waals surface area contributed by atoms with Crippen LogP contribution in [0.4, 0.5) is 13.2 Å². The molecule has 8 heteroatoms. The van der Waals surface area contributed by atoms with Crippen LogP contribution >= 0.6 is 0 Å². The van der Waals surface area contributed by atoms with Crippen LogP contribution in [0.15, 0.2) is 18.3 Å². The van der Waals surface area contributed by atoms with Gasteiger partial charge in [-0.3, -0.25) is 14.7 Å². The maximum atomic E-state index is 13.0. The smallest absolute Gasteiger partial charge is 0.375 e. The second-order valence-electron chi connectivity index (χ2n) is 5.89. The van der Waals surface area contributed by atoms with E-state index >= 15 is 0 Å². The maximum absolute atomic E-state index is 13.0. The van der Waals surface area contributed by atoms with Crippen molar-refractivity contribution in [1.82, 2.24) is 14.8 Å². The molecule has 0 bridgehead atoms. The molecule has 1 amide bonds. The first-order valence-corrected chi connectivity index (χ1v) is 7.51. The third-order valence-corrected chi connectivity index (χ3v) is 4.46. The number of morpholine rings is 1. The van der Waals surface area contributed by atoms with Crippen molar-refractivity contribution in [2.45, 2.75) is 24.7 Å². The number of likely N-dealkylation sites (N-methyl/N-ethyl adjacent to an activating group) is 1. The molecule has 2 aliphatic heterocycles. The molecule has 0 radical (unpaired) electrons. The van der Waals surface area contributed by atoms with Crippen LogP contribution in [-0.4, -0.2) is 66.1 Å². The molecule has 23 heavy (non-hydrogen) atoms. The Hall–Kier alpha value is -1.67. The first-order valence-electron chi connectivity index (χ1n) is 7.51. The number of fused-ring (bicyclic) bond motifs is 1. The highest BCUT2D eigenvalue weighted by Crippen LogP contribution is 2.31. The summed E-state index contributed by atoms with van der Waals surface area (Å²) in [7, 11) is 1.94. The van der Waals surface area contributed by atoms with Crippen LogP contribution in [0.3, 0.4) is 0 Å².